The van der Waals surface area contributed by atoms with Gasteiger partial charge in [0, 0.05) is 6.54 Å². The van der Waals surface area contributed by atoms with Crippen molar-refractivity contribution >= 4 is 7.05 Å². The van der Waals surface area contributed by atoms with Crippen LogP contribution in [0.3, 0.4) is 0 Å². The van der Waals surface area contributed by atoms with Crippen LogP contribution in [-0.4, -0.2) is 24.5 Å². The van der Waals surface area contributed by atoms with E-state index in [1.54, 1.807) is 0 Å². The average molecular weight is 147 g/mol. The van der Waals surface area contributed by atoms with Crippen LogP contribution in [0.15, 0.2) is 37.0 Å². The van der Waals surface area contributed by atoms with Crippen molar-refractivity contribution in [1.29, 1.82) is 0 Å². The lowest BCUT2D eigenvalue weighted by Gasteiger charge is -2.15. The number of rotatable bonds is 1. The zero-order valence-electron chi connectivity index (χ0n) is 6.31. The van der Waals surface area contributed by atoms with Crippen molar-refractivity contribution in [2.45, 2.75) is 6.10 Å². The molecule has 3 heteroatoms. The minimum Gasteiger partial charge on any atom is -0.405 e. The van der Waals surface area contributed by atoms with Gasteiger partial charge in [-0.05, 0) is 12.3 Å². The molecule has 0 radical (unpaired) electrons. The first kappa shape index (κ1) is 6.74. The SMILES string of the molecule is C=CC1CN2C=CC=CB2O1. The third-order valence-corrected chi connectivity index (χ3v) is 1.96. The summed E-state index contributed by atoms with van der Waals surface area (Å²) in [6, 6.07) is 0. The number of allylic oxidation sites excluding steroid dienone is 2. The molecular weight excluding hydrogens is 137 g/mol. The summed E-state index contributed by atoms with van der Waals surface area (Å²) >= 11 is 0. The van der Waals surface area contributed by atoms with Crippen LogP contribution >= 0.6 is 0 Å². The molecule has 0 saturated carbocycles. The zero-order chi connectivity index (χ0) is 7.68. The van der Waals surface area contributed by atoms with Crippen molar-refractivity contribution in [3.63, 3.8) is 0 Å². The van der Waals surface area contributed by atoms with E-state index < -0.39 is 0 Å². The third-order valence-electron chi connectivity index (χ3n) is 1.96. The molecule has 1 unspecified atom stereocenters. The van der Waals surface area contributed by atoms with Crippen molar-refractivity contribution < 1.29 is 4.65 Å². The molecule has 0 spiro atoms. The second-order valence-corrected chi connectivity index (χ2v) is 2.72. The molecule has 0 aromatic heterocycles. The molecule has 0 aromatic rings. The lowest BCUT2D eigenvalue weighted by atomic mass is 9.80. The van der Waals surface area contributed by atoms with Crippen LogP contribution in [-0.2, 0) is 4.65 Å². The maximum absolute atomic E-state index is 5.58. The van der Waals surface area contributed by atoms with Crippen molar-refractivity contribution in [1.82, 2.24) is 4.81 Å². The van der Waals surface area contributed by atoms with Crippen molar-refractivity contribution in [3.05, 3.63) is 37.0 Å². The van der Waals surface area contributed by atoms with Crippen LogP contribution in [0, 0.1) is 0 Å². The Morgan fingerprint density at radius 3 is 3.27 bits per heavy atom. The monoisotopic (exact) mass is 147 g/mol. The molecule has 2 nitrogen and oxygen atoms in total. The smallest absolute Gasteiger partial charge is 0.405 e. The molecule has 2 heterocycles. The molecule has 0 aromatic carbocycles. The van der Waals surface area contributed by atoms with E-state index in [-0.39, 0.29) is 13.2 Å². The van der Waals surface area contributed by atoms with E-state index in [0.29, 0.717) is 0 Å². The average Bonchev–Trinajstić information content (AvgIpc) is 2.46. The van der Waals surface area contributed by atoms with Gasteiger partial charge in [0.2, 0.25) is 0 Å². The van der Waals surface area contributed by atoms with E-state index in [4.69, 9.17) is 4.65 Å². The van der Waals surface area contributed by atoms with Crippen molar-refractivity contribution in [2.75, 3.05) is 6.54 Å². The van der Waals surface area contributed by atoms with Gasteiger partial charge < -0.3 is 9.47 Å². The largest absolute Gasteiger partial charge is 0.444 e. The van der Waals surface area contributed by atoms with Gasteiger partial charge in [0.15, 0.2) is 0 Å². The van der Waals surface area contributed by atoms with Crippen molar-refractivity contribution in [2.24, 2.45) is 0 Å². The molecule has 0 amide bonds. The fourth-order valence-electron chi connectivity index (χ4n) is 1.36. The molecule has 56 valence electrons. The fourth-order valence-corrected chi connectivity index (χ4v) is 1.36. The maximum atomic E-state index is 5.58. The van der Waals surface area contributed by atoms with Crippen LogP contribution in [0.5, 0.6) is 0 Å². The van der Waals surface area contributed by atoms with Gasteiger partial charge >= 0.3 is 7.05 Å². The van der Waals surface area contributed by atoms with Crippen LogP contribution in [0.25, 0.3) is 0 Å². The van der Waals surface area contributed by atoms with Gasteiger partial charge in [0.1, 0.15) is 0 Å². The van der Waals surface area contributed by atoms with Crippen LogP contribution in [0.2, 0.25) is 0 Å². The molecule has 1 fully saturated rings. The second-order valence-electron chi connectivity index (χ2n) is 2.72. The Morgan fingerprint density at radius 2 is 2.55 bits per heavy atom. The van der Waals surface area contributed by atoms with Gasteiger partial charge in [-0.2, -0.15) is 0 Å². The van der Waals surface area contributed by atoms with Crippen LogP contribution < -0.4 is 0 Å². The van der Waals surface area contributed by atoms with E-state index >= 15 is 0 Å². The van der Waals surface area contributed by atoms with Gasteiger partial charge in [0.25, 0.3) is 0 Å². The fraction of sp³-hybridized carbons (Fsp3) is 0.250. The molecule has 1 saturated heterocycles. The van der Waals surface area contributed by atoms with E-state index in [2.05, 4.69) is 11.4 Å². The highest BCUT2D eigenvalue weighted by molar-refractivity contribution is 6.56. The molecule has 0 N–H and O–H groups in total. The van der Waals surface area contributed by atoms with Gasteiger partial charge in [-0.1, -0.05) is 18.1 Å². The minimum atomic E-state index is 0.142. The maximum Gasteiger partial charge on any atom is 0.444 e. The van der Waals surface area contributed by atoms with E-state index in [9.17, 15) is 0 Å². The highest BCUT2D eigenvalue weighted by atomic mass is 16.5. The third kappa shape index (κ3) is 1.12. The predicted molar refractivity (Wildman–Crippen MR) is 45.8 cm³/mol. The molecule has 2 aliphatic heterocycles. The van der Waals surface area contributed by atoms with Gasteiger partial charge in [-0.3, -0.25) is 0 Å². The summed E-state index contributed by atoms with van der Waals surface area (Å²) < 4.78 is 5.58. The van der Waals surface area contributed by atoms with E-state index in [0.717, 1.165) is 6.54 Å². The minimum absolute atomic E-state index is 0.142. The topological polar surface area (TPSA) is 12.5 Å². The highest BCUT2D eigenvalue weighted by Gasteiger charge is 2.32. The summed E-state index contributed by atoms with van der Waals surface area (Å²) in [5, 5.41) is 0. The van der Waals surface area contributed by atoms with Gasteiger partial charge in [-0.15, -0.1) is 6.58 Å². The predicted octanol–water partition coefficient (Wildman–Crippen LogP) is 0.984. The summed E-state index contributed by atoms with van der Waals surface area (Å²) in [6.45, 7) is 4.63. The normalized spacial score (nSPS) is 27.5. The zero-order valence-corrected chi connectivity index (χ0v) is 6.31. The van der Waals surface area contributed by atoms with Gasteiger partial charge in [0.05, 0.1) is 6.10 Å². The number of hydrogen-bond acceptors (Lipinski definition) is 2. The lowest BCUT2D eigenvalue weighted by Crippen LogP contribution is -2.29. The summed E-state index contributed by atoms with van der Waals surface area (Å²) in [6.07, 6.45) is 8.11. The Hall–Kier alpha value is -0.955. The number of hydrogen-bond donors (Lipinski definition) is 0. The van der Waals surface area contributed by atoms with E-state index in [1.165, 1.54) is 0 Å². The Balaban J connectivity index is 2.11. The number of nitrogens with zero attached hydrogens (tertiary/aromatic N) is 1. The quantitative estimate of drug-likeness (QED) is 0.405. The van der Waals surface area contributed by atoms with Crippen molar-refractivity contribution in [3.8, 4) is 0 Å². The first-order chi connectivity index (χ1) is 5.40. The van der Waals surface area contributed by atoms with E-state index in [1.807, 2.05) is 30.4 Å². The highest BCUT2D eigenvalue weighted by Crippen LogP contribution is 2.17. The summed E-state index contributed by atoms with van der Waals surface area (Å²) in [5.41, 5.74) is 0. The van der Waals surface area contributed by atoms with Gasteiger partial charge in [-0.25, -0.2) is 0 Å². The molecule has 2 aliphatic rings. The Morgan fingerprint density at radius 1 is 1.64 bits per heavy atom. The summed E-state index contributed by atoms with van der Waals surface area (Å²) in [4.78, 5) is 2.16. The summed E-state index contributed by atoms with van der Waals surface area (Å²) in [5.74, 6) is 2.05. The Kier molecular flexibility index (Phi) is 1.58. The lowest BCUT2D eigenvalue weighted by molar-refractivity contribution is 0.298. The summed E-state index contributed by atoms with van der Waals surface area (Å²) in [7, 11) is 0.142. The molecule has 0 aliphatic carbocycles. The Labute approximate surface area is 67.0 Å². The van der Waals surface area contributed by atoms with Crippen LogP contribution in [0.1, 0.15) is 0 Å². The second kappa shape index (κ2) is 2.59. The standard InChI is InChI=1S/C8H10BNO/c1-2-8-7-10-6-4-3-5-9(10)11-8/h2-6,8H,1,7H2. The molecular formula is C8H10BNO. The first-order valence-corrected chi connectivity index (χ1v) is 3.79. The Bertz CT molecular complexity index is 204. The first-order valence-electron chi connectivity index (χ1n) is 3.79. The molecule has 1 atom stereocenters. The molecule has 11 heavy (non-hydrogen) atoms. The number of fused-ring (bicyclic) bond motifs is 1. The van der Waals surface area contributed by atoms with Crippen LogP contribution in [0.4, 0.5) is 0 Å². The molecule has 0 bridgehead atoms. The molecule has 2 rings (SSSR count).